The second-order valence-corrected chi connectivity index (χ2v) is 9.83. The molecule has 1 aromatic heterocycles. The minimum Gasteiger partial charge on any atom is -0.489 e. The molecule has 0 bridgehead atoms. The third-order valence-electron chi connectivity index (χ3n) is 5.07. The smallest absolute Gasteiger partial charge is 0.269 e. The maximum Gasteiger partial charge on any atom is 0.269 e. The lowest BCUT2D eigenvalue weighted by atomic mass is 10.2. The SMILES string of the molecule is Cc1c(OC2CCN(Cc3ccccc3)C2)cc(F)c(S(=O)(=O)Nc2nccs2)c1F. The van der Waals surface area contributed by atoms with Crippen LogP contribution in [0.1, 0.15) is 17.5 Å². The molecule has 0 saturated carbocycles. The van der Waals surface area contributed by atoms with E-state index in [0.717, 1.165) is 30.5 Å². The summed E-state index contributed by atoms with van der Waals surface area (Å²) in [4.78, 5) is 4.96. The second kappa shape index (κ2) is 8.89. The number of nitrogens with zero attached hydrogens (tertiary/aromatic N) is 2. The van der Waals surface area contributed by atoms with Crippen molar-refractivity contribution in [3.63, 3.8) is 0 Å². The van der Waals surface area contributed by atoms with Gasteiger partial charge in [0, 0.05) is 42.8 Å². The molecule has 1 aliphatic rings. The number of ether oxygens (including phenoxy) is 1. The van der Waals surface area contributed by atoms with E-state index in [0.29, 0.717) is 13.0 Å². The van der Waals surface area contributed by atoms with Crippen LogP contribution in [-0.2, 0) is 16.6 Å². The Morgan fingerprint density at radius 2 is 2.06 bits per heavy atom. The van der Waals surface area contributed by atoms with E-state index in [4.69, 9.17) is 4.74 Å². The van der Waals surface area contributed by atoms with Gasteiger partial charge in [0.25, 0.3) is 10.0 Å². The van der Waals surface area contributed by atoms with E-state index >= 15 is 0 Å². The lowest BCUT2D eigenvalue weighted by Crippen LogP contribution is -2.25. The molecule has 3 aromatic rings. The molecule has 1 fully saturated rings. The largest absolute Gasteiger partial charge is 0.489 e. The monoisotopic (exact) mass is 465 g/mol. The van der Waals surface area contributed by atoms with Gasteiger partial charge >= 0.3 is 0 Å². The van der Waals surface area contributed by atoms with Gasteiger partial charge in [0.05, 0.1) is 0 Å². The van der Waals surface area contributed by atoms with Gasteiger partial charge in [-0.3, -0.25) is 9.62 Å². The summed E-state index contributed by atoms with van der Waals surface area (Å²) in [6.07, 6.45) is 1.86. The standard InChI is InChI=1S/C21H21F2N3O3S2/c1-14-18(29-16-7-9-26(13-16)12-15-5-3-2-4-6-15)11-17(22)20(19(14)23)31(27,28)25-21-24-8-10-30-21/h2-6,8,10-11,16H,7,9,12-13H2,1H3,(H,24,25). The van der Waals surface area contributed by atoms with Crippen molar-refractivity contribution in [2.24, 2.45) is 0 Å². The fourth-order valence-electron chi connectivity index (χ4n) is 3.54. The van der Waals surface area contributed by atoms with Crippen LogP contribution in [0.2, 0.25) is 0 Å². The Kier molecular flexibility index (Phi) is 6.22. The number of benzene rings is 2. The highest BCUT2D eigenvalue weighted by Crippen LogP contribution is 2.32. The van der Waals surface area contributed by atoms with Gasteiger partial charge in [0.15, 0.2) is 15.8 Å². The maximum absolute atomic E-state index is 14.9. The number of aromatic nitrogens is 1. The van der Waals surface area contributed by atoms with Crippen LogP contribution in [0.5, 0.6) is 5.75 Å². The number of hydrogen-bond acceptors (Lipinski definition) is 6. The van der Waals surface area contributed by atoms with Crippen LogP contribution in [0, 0.1) is 18.6 Å². The number of nitrogens with one attached hydrogen (secondary N) is 1. The lowest BCUT2D eigenvalue weighted by Gasteiger charge is -2.19. The average molecular weight is 466 g/mol. The molecule has 4 rings (SSSR count). The minimum absolute atomic E-state index is 0.00904. The highest BCUT2D eigenvalue weighted by atomic mass is 32.2. The van der Waals surface area contributed by atoms with Gasteiger partial charge in [-0.2, -0.15) is 0 Å². The van der Waals surface area contributed by atoms with Crippen molar-refractivity contribution >= 4 is 26.5 Å². The van der Waals surface area contributed by atoms with Gasteiger partial charge in [-0.15, -0.1) is 11.3 Å². The van der Waals surface area contributed by atoms with Crippen LogP contribution >= 0.6 is 11.3 Å². The van der Waals surface area contributed by atoms with Crippen molar-refractivity contribution in [2.45, 2.75) is 30.9 Å². The van der Waals surface area contributed by atoms with Gasteiger partial charge in [-0.25, -0.2) is 22.2 Å². The van der Waals surface area contributed by atoms with Gasteiger partial charge in [-0.1, -0.05) is 30.3 Å². The molecule has 2 aromatic carbocycles. The van der Waals surface area contributed by atoms with Crippen molar-refractivity contribution in [1.29, 1.82) is 0 Å². The number of thiazole rings is 1. The summed E-state index contributed by atoms with van der Waals surface area (Å²) in [6, 6.07) is 10.9. The third kappa shape index (κ3) is 4.86. The van der Waals surface area contributed by atoms with Crippen molar-refractivity contribution < 1.29 is 21.9 Å². The summed E-state index contributed by atoms with van der Waals surface area (Å²) in [5.74, 6) is -2.37. The van der Waals surface area contributed by atoms with Crippen molar-refractivity contribution in [3.05, 3.63) is 70.7 Å². The van der Waals surface area contributed by atoms with Crippen molar-refractivity contribution in [1.82, 2.24) is 9.88 Å². The lowest BCUT2D eigenvalue weighted by molar-refractivity contribution is 0.195. The molecule has 2 heterocycles. The summed E-state index contributed by atoms with van der Waals surface area (Å²) in [7, 11) is -4.47. The first kappa shape index (κ1) is 21.7. The summed E-state index contributed by atoms with van der Waals surface area (Å²) in [5.41, 5.74) is 1.13. The van der Waals surface area contributed by atoms with Crippen LogP contribution in [0.15, 0.2) is 52.9 Å². The zero-order valence-corrected chi connectivity index (χ0v) is 18.3. The molecule has 0 spiro atoms. The first-order valence-electron chi connectivity index (χ1n) is 9.67. The average Bonchev–Trinajstić information content (AvgIpc) is 3.38. The Balaban J connectivity index is 1.49. The molecular weight excluding hydrogens is 444 g/mol. The van der Waals surface area contributed by atoms with Gasteiger partial charge in [-0.05, 0) is 18.9 Å². The Labute approximate surface area is 183 Å². The minimum atomic E-state index is -4.47. The molecule has 1 aliphatic heterocycles. The van der Waals surface area contributed by atoms with E-state index < -0.39 is 26.6 Å². The van der Waals surface area contributed by atoms with Crippen molar-refractivity contribution in [3.8, 4) is 5.75 Å². The molecule has 1 saturated heterocycles. The van der Waals surface area contributed by atoms with Crippen LogP contribution in [0.3, 0.4) is 0 Å². The molecule has 0 radical (unpaired) electrons. The zero-order valence-electron chi connectivity index (χ0n) is 16.7. The summed E-state index contributed by atoms with van der Waals surface area (Å²) < 4.78 is 62.6. The van der Waals surface area contributed by atoms with E-state index in [1.165, 1.54) is 18.7 Å². The molecule has 31 heavy (non-hydrogen) atoms. The molecular formula is C21H21F2N3O3S2. The van der Waals surface area contributed by atoms with Gasteiger partial charge < -0.3 is 4.74 Å². The highest BCUT2D eigenvalue weighted by molar-refractivity contribution is 7.93. The predicted molar refractivity (Wildman–Crippen MR) is 115 cm³/mol. The van der Waals surface area contributed by atoms with Crippen molar-refractivity contribution in [2.75, 3.05) is 17.8 Å². The van der Waals surface area contributed by atoms with E-state index in [9.17, 15) is 17.2 Å². The van der Waals surface area contributed by atoms with Crippen LogP contribution in [0.25, 0.3) is 0 Å². The molecule has 10 heteroatoms. The number of halogens is 2. The fraction of sp³-hybridized carbons (Fsp3) is 0.286. The number of hydrogen-bond donors (Lipinski definition) is 1. The Morgan fingerprint density at radius 1 is 1.29 bits per heavy atom. The molecule has 1 N–H and O–H groups in total. The van der Waals surface area contributed by atoms with Gasteiger partial charge in [0.2, 0.25) is 0 Å². The quantitative estimate of drug-likeness (QED) is 0.567. The Hall–Kier alpha value is -2.56. The Morgan fingerprint density at radius 3 is 2.77 bits per heavy atom. The molecule has 164 valence electrons. The molecule has 0 amide bonds. The second-order valence-electron chi connectivity index (χ2n) is 7.32. The number of likely N-dealkylation sites (tertiary alicyclic amines) is 1. The predicted octanol–water partition coefficient (Wildman–Crippen LogP) is 4.18. The third-order valence-corrected chi connectivity index (χ3v) is 7.26. The zero-order chi connectivity index (χ0) is 22.0. The maximum atomic E-state index is 14.9. The topological polar surface area (TPSA) is 71.5 Å². The van der Waals surface area contributed by atoms with E-state index in [2.05, 4.69) is 14.6 Å². The molecule has 1 atom stereocenters. The van der Waals surface area contributed by atoms with Crippen LogP contribution < -0.4 is 9.46 Å². The fourth-order valence-corrected chi connectivity index (χ4v) is 5.52. The number of anilines is 1. The van der Waals surface area contributed by atoms with Gasteiger partial charge in [0.1, 0.15) is 17.7 Å². The normalized spacial score (nSPS) is 17.1. The first-order valence-corrected chi connectivity index (χ1v) is 12.0. The molecule has 6 nitrogen and oxygen atoms in total. The molecule has 1 unspecified atom stereocenters. The Bertz CT molecular complexity index is 1160. The van der Waals surface area contributed by atoms with Crippen LogP contribution in [-0.4, -0.2) is 37.5 Å². The highest BCUT2D eigenvalue weighted by Gasteiger charge is 2.30. The van der Waals surface area contributed by atoms with E-state index in [1.807, 2.05) is 30.3 Å². The van der Waals surface area contributed by atoms with Crippen LogP contribution in [0.4, 0.5) is 13.9 Å². The summed E-state index contributed by atoms with van der Waals surface area (Å²) in [6.45, 7) is 3.56. The molecule has 0 aliphatic carbocycles. The van der Waals surface area contributed by atoms with E-state index in [1.54, 1.807) is 5.38 Å². The van der Waals surface area contributed by atoms with E-state index in [-0.39, 0.29) is 22.5 Å². The summed E-state index contributed by atoms with van der Waals surface area (Å²) in [5, 5.41) is 1.58. The first-order chi connectivity index (χ1) is 14.8. The number of sulfonamides is 1. The number of rotatable bonds is 7. The summed E-state index contributed by atoms with van der Waals surface area (Å²) >= 11 is 1.01.